The zero-order chi connectivity index (χ0) is 12.7. The van der Waals surface area contributed by atoms with Crippen LogP contribution in [0.1, 0.15) is 46.0 Å². The van der Waals surface area contributed by atoms with Gasteiger partial charge in [-0.25, -0.2) is 0 Å². The van der Waals surface area contributed by atoms with Gasteiger partial charge in [0.2, 0.25) is 5.91 Å². The number of rotatable bonds is 7. The van der Waals surface area contributed by atoms with Gasteiger partial charge >= 0.3 is 0 Å². The van der Waals surface area contributed by atoms with Crippen LogP contribution in [0.15, 0.2) is 0 Å². The molecule has 0 aromatic heterocycles. The summed E-state index contributed by atoms with van der Waals surface area (Å²) < 4.78 is 0. The normalized spacial score (nSPS) is 23.9. The zero-order valence-corrected chi connectivity index (χ0v) is 11.1. The van der Waals surface area contributed by atoms with Crippen LogP contribution in [0.5, 0.6) is 0 Å². The first-order valence-electron chi connectivity index (χ1n) is 6.91. The van der Waals surface area contributed by atoms with Gasteiger partial charge in [-0.05, 0) is 25.8 Å². The molecule has 0 aromatic carbocycles. The van der Waals surface area contributed by atoms with E-state index in [4.69, 9.17) is 0 Å². The lowest BCUT2D eigenvalue weighted by atomic mass is 10.1. The number of unbranched alkanes of at least 4 members (excludes halogenated alkanes) is 2. The van der Waals surface area contributed by atoms with E-state index in [0.717, 1.165) is 45.3 Å². The predicted octanol–water partition coefficient (Wildman–Crippen LogP) is 1.14. The molecule has 1 amide bonds. The van der Waals surface area contributed by atoms with Crippen LogP contribution in [0.3, 0.4) is 0 Å². The first-order chi connectivity index (χ1) is 8.20. The molecule has 2 N–H and O–H groups in total. The Labute approximate surface area is 104 Å². The summed E-state index contributed by atoms with van der Waals surface area (Å²) in [5, 5.41) is 12.8. The lowest BCUT2D eigenvalue weighted by Gasteiger charge is -2.26. The summed E-state index contributed by atoms with van der Waals surface area (Å²) in [6.45, 7) is 6.64. The Morgan fingerprint density at radius 3 is 2.29 bits per heavy atom. The molecule has 0 bridgehead atoms. The Balaban J connectivity index is 2.51. The summed E-state index contributed by atoms with van der Waals surface area (Å²) in [5.74, 6) is 0.0805. The standard InChI is InChI=1S/C13H26N2O2/c1-3-5-9-15(10-6-4-2)13(17)12-11(16)7-8-14-12/h11-12,14,16H,3-10H2,1-2H3/t11?,12-/m0/s1. The van der Waals surface area contributed by atoms with Crippen LogP contribution in [0.2, 0.25) is 0 Å². The van der Waals surface area contributed by atoms with Crippen molar-refractivity contribution in [3.05, 3.63) is 0 Å². The van der Waals surface area contributed by atoms with E-state index in [0.29, 0.717) is 6.42 Å². The van der Waals surface area contributed by atoms with Gasteiger partial charge in [0.1, 0.15) is 6.04 Å². The fourth-order valence-corrected chi connectivity index (χ4v) is 2.17. The summed E-state index contributed by atoms with van der Waals surface area (Å²) >= 11 is 0. The van der Waals surface area contributed by atoms with E-state index >= 15 is 0 Å². The molecule has 1 rings (SSSR count). The molecule has 1 heterocycles. The zero-order valence-electron chi connectivity index (χ0n) is 11.1. The summed E-state index contributed by atoms with van der Waals surface area (Å²) in [6, 6.07) is -0.372. The number of hydrogen-bond donors (Lipinski definition) is 2. The van der Waals surface area contributed by atoms with Gasteiger partial charge in [-0.1, -0.05) is 26.7 Å². The van der Waals surface area contributed by atoms with Crippen LogP contribution >= 0.6 is 0 Å². The highest BCUT2D eigenvalue weighted by Gasteiger charge is 2.33. The van der Waals surface area contributed by atoms with Crippen molar-refractivity contribution in [1.82, 2.24) is 10.2 Å². The van der Waals surface area contributed by atoms with Crippen LogP contribution in [-0.2, 0) is 4.79 Å². The molecule has 4 heteroatoms. The summed E-state index contributed by atoms with van der Waals surface area (Å²) in [6.07, 6.45) is 4.45. The highest BCUT2D eigenvalue weighted by molar-refractivity contribution is 5.83. The Morgan fingerprint density at radius 2 is 1.88 bits per heavy atom. The molecule has 1 saturated heterocycles. The van der Waals surface area contributed by atoms with E-state index in [-0.39, 0.29) is 11.9 Å². The number of nitrogens with one attached hydrogen (secondary N) is 1. The van der Waals surface area contributed by atoms with Crippen LogP contribution in [-0.4, -0.2) is 47.7 Å². The number of hydrogen-bond acceptors (Lipinski definition) is 3. The maximum absolute atomic E-state index is 12.3. The van der Waals surface area contributed by atoms with Crippen molar-refractivity contribution in [2.45, 2.75) is 58.1 Å². The topological polar surface area (TPSA) is 52.6 Å². The Hall–Kier alpha value is -0.610. The Bertz CT molecular complexity index is 225. The van der Waals surface area contributed by atoms with Crippen molar-refractivity contribution in [2.24, 2.45) is 0 Å². The van der Waals surface area contributed by atoms with E-state index in [1.807, 2.05) is 4.90 Å². The minimum absolute atomic E-state index is 0.0805. The van der Waals surface area contributed by atoms with Gasteiger partial charge in [-0.2, -0.15) is 0 Å². The minimum atomic E-state index is -0.506. The molecule has 0 spiro atoms. The van der Waals surface area contributed by atoms with Crippen LogP contribution in [0.4, 0.5) is 0 Å². The van der Waals surface area contributed by atoms with Crippen molar-refractivity contribution >= 4 is 5.91 Å². The molecule has 4 nitrogen and oxygen atoms in total. The van der Waals surface area contributed by atoms with Gasteiger partial charge in [-0.3, -0.25) is 4.79 Å². The number of nitrogens with zero attached hydrogens (tertiary/aromatic N) is 1. The van der Waals surface area contributed by atoms with E-state index in [1.54, 1.807) is 0 Å². The number of aliphatic hydroxyl groups excluding tert-OH is 1. The highest BCUT2D eigenvalue weighted by Crippen LogP contribution is 2.11. The summed E-state index contributed by atoms with van der Waals surface area (Å²) in [4.78, 5) is 14.2. The SMILES string of the molecule is CCCCN(CCCC)C(=O)[C@H]1NCCC1O. The first-order valence-corrected chi connectivity index (χ1v) is 6.91. The lowest BCUT2D eigenvalue weighted by Crippen LogP contribution is -2.48. The first kappa shape index (κ1) is 14.5. The molecule has 1 aliphatic rings. The van der Waals surface area contributed by atoms with Gasteiger partial charge in [-0.15, -0.1) is 0 Å². The van der Waals surface area contributed by atoms with Gasteiger partial charge in [0.15, 0.2) is 0 Å². The molecule has 0 radical (unpaired) electrons. The largest absolute Gasteiger partial charge is 0.391 e. The number of amides is 1. The van der Waals surface area contributed by atoms with E-state index in [9.17, 15) is 9.90 Å². The number of aliphatic hydroxyl groups is 1. The monoisotopic (exact) mass is 242 g/mol. The Morgan fingerprint density at radius 1 is 1.29 bits per heavy atom. The lowest BCUT2D eigenvalue weighted by molar-refractivity contribution is -0.135. The van der Waals surface area contributed by atoms with E-state index in [1.165, 1.54) is 0 Å². The molecule has 17 heavy (non-hydrogen) atoms. The van der Waals surface area contributed by atoms with Crippen LogP contribution in [0.25, 0.3) is 0 Å². The average Bonchev–Trinajstić information content (AvgIpc) is 2.75. The van der Waals surface area contributed by atoms with E-state index in [2.05, 4.69) is 19.2 Å². The van der Waals surface area contributed by atoms with Crippen LogP contribution in [0, 0.1) is 0 Å². The third-order valence-electron chi connectivity index (χ3n) is 3.33. The molecule has 1 aliphatic heterocycles. The van der Waals surface area contributed by atoms with Crippen molar-refractivity contribution in [1.29, 1.82) is 0 Å². The molecule has 1 unspecified atom stereocenters. The van der Waals surface area contributed by atoms with Gasteiger partial charge < -0.3 is 15.3 Å². The smallest absolute Gasteiger partial charge is 0.242 e. The molecule has 2 atom stereocenters. The third kappa shape index (κ3) is 4.28. The summed E-state index contributed by atoms with van der Waals surface area (Å²) in [5.41, 5.74) is 0. The minimum Gasteiger partial charge on any atom is -0.391 e. The van der Waals surface area contributed by atoms with E-state index < -0.39 is 6.10 Å². The average molecular weight is 242 g/mol. The maximum Gasteiger partial charge on any atom is 0.242 e. The van der Waals surface area contributed by atoms with Gasteiger partial charge in [0.25, 0.3) is 0 Å². The number of carbonyl (C=O) groups excluding carboxylic acids is 1. The molecule has 0 saturated carbocycles. The molecule has 1 fully saturated rings. The summed E-state index contributed by atoms with van der Waals surface area (Å²) in [7, 11) is 0. The van der Waals surface area contributed by atoms with Gasteiger partial charge in [0.05, 0.1) is 6.10 Å². The van der Waals surface area contributed by atoms with Crippen molar-refractivity contribution in [3.8, 4) is 0 Å². The van der Waals surface area contributed by atoms with Crippen molar-refractivity contribution in [3.63, 3.8) is 0 Å². The molecule has 0 aliphatic carbocycles. The van der Waals surface area contributed by atoms with Crippen molar-refractivity contribution < 1.29 is 9.90 Å². The van der Waals surface area contributed by atoms with Gasteiger partial charge in [0, 0.05) is 13.1 Å². The van der Waals surface area contributed by atoms with Crippen molar-refractivity contribution in [2.75, 3.05) is 19.6 Å². The fraction of sp³-hybridized carbons (Fsp3) is 0.923. The third-order valence-corrected chi connectivity index (χ3v) is 3.33. The maximum atomic E-state index is 12.3. The molecule has 0 aromatic rings. The quantitative estimate of drug-likeness (QED) is 0.704. The molecular formula is C13H26N2O2. The highest BCUT2D eigenvalue weighted by atomic mass is 16.3. The Kier molecular flexibility index (Phi) is 6.52. The van der Waals surface area contributed by atoms with Crippen LogP contribution < -0.4 is 5.32 Å². The second-order valence-corrected chi connectivity index (χ2v) is 4.82. The second kappa shape index (κ2) is 7.67. The predicted molar refractivity (Wildman–Crippen MR) is 68.8 cm³/mol. The molecular weight excluding hydrogens is 216 g/mol. The number of carbonyl (C=O) groups is 1. The molecule has 100 valence electrons. The fourth-order valence-electron chi connectivity index (χ4n) is 2.17. The second-order valence-electron chi connectivity index (χ2n) is 4.82.